The van der Waals surface area contributed by atoms with Crippen LogP contribution in [0.5, 0.6) is 5.75 Å². The Morgan fingerprint density at radius 2 is 1.94 bits per heavy atom. The Morgan fingerprint density at radius 1 is 1.22 bits per heavy atom. The van der Waals surface area contributed by atoms with E-state index < -0.39 is 17.6 Å². The number of H-pyrrole nitrogens is 1. The first-order chi connectivity index (χ1) is 17.1. The zero-order valence-electron chi connectivity index (χ0n) is 20.8. The summed E-state index contributed by atoms with van der Waals surface area (Å²) in [5.41, 5.74) is 1.12. The van der Waals surface area contributed by atoms with Crippen LogP contribution in [0.1, 0.15) is 58.1 Å². The predicted octanol–water partition coefficient (Wildman–Crippen LogP) is 5.21. The highest BCUT2D eigenvalue weighted by molar-refractivity contribution is 6.32. The third kappa shape index (κ3) is 5.09. The Labute approximate surface area is 213 Å². The first-order valence-corrected chi connectivity index (χ1v) is 12.5. The number of aromatic nitrogens is 4. The van der Waals surface area contributed by atoms with Crippen LogP contribution in [0, 0.1) is 5.92 Å². The van der Waals surface area contributed by atoms with Crippen LogP contribution in [0.4, 0.5) is 0 Å². The van der Waals surface area contributed by atoms with Gasteiger partial charge in [0.05, 0.1) is 40.2 Å². The molecule has 188 valence electrons. The molecule has 36 heavy (non-hydrogen) atoms. The van der Waals surface area contributed by atoms with Gasteiger partial charge in [0.15, 0.2) is 6.04 Å². The second-order valence-electron chi connectivity index (χ2n) is 10.4. The number of nitrogens with zero attached hydrogens (tertiary/aromatic N) is 3. The second kappa shape index (κ2) is 9.24. The van der Waals surface area contributed by atoms with Gasteiger partial charge in [-0.15, -0.1) is 0 Å². The maximum absolute atomic E-state index is 13.2. The lowest BCUT2D eigenvalue weighted by atomic mass is 10.1. The molecule has 0 spiro atoms. The lowest BCUT2D eigenvalue weighted by Gasteiger charge is -2.23. The summed E-state index contributed by atoms with van der Waals surface area (Å²) in [4.78, 5) is 34.0. The molecule has 5 rings (SSSR count). The van der Waals surface area contributed by atoms with Gasteiger partial charge in [-0.1, -0.05) is 29.8 Å². The number of carbonyl (C=O) groups excluding carboxylic acids is 1. The molecule has 0 radical (unpaired) electrons. The zero-order chi connectivity index (χ0) is 25.6. The third-order valence-corrected chi connectivity index (χ3v) is 6.41. The summed E-state index contributed by atoms with van der Waals surface area (Å²) in [7, 11) is 0. The maximum atomic E-state index is 13.2. The van der Waals surface area contributed by atoms with Gasteiger partial charge in [-0.2, -0.15) is 5.10 Å². The Hall–Kier alpha value is -3.39. The normalized spacial score (nSPS) is 14.8. The average molecular weight is 509 g/mol. The zero-order valence-corrected chi connectivity index (χ0v) is 21.6. The van der Waals surface area contributed by atoms with Crippen LogP contribution in [0.2, 0.25) is 5.02 Å². The van der Waals surface area contributed by atoms with E-state index in [1.807, 2.05) is 24.3 Å². The quantitative estimate of drug-likeness (QED) is 0.344. The lowest BCUT2D eigenvalue weighted by molar-refractivity contribution is -0.158. The molecule has 1 fully saturated rings. The Kier molecular flexibility index (Phi) is 6.24. The molecule has 1 aliphatic rings. The van der Waals surface area contributed by atoms with Crippen molar-refractivity contribution < 1.29 is 14.3 Å². The fourth-order valence-corrected chi connectivity index (χ4v) is 4.28. The number of aromatic amines is 1. The van der Waals surface area contributed by atoms with Gasteiger partial charge in [-0.05, 0) is 58.6 Å². The van der Waals surface area contributed by atoms with E-state index in [-0.39, 0.29) is 5.56 Å². The summed E-state index contributed by atoms with van der Waals surface area (Å²) in [6.07, 6.45) is 2.72. The third-order valence-electron chi connectivity index (χ3n) is 6.11. The minimum absolute atomic E-state index is 0.326. The molecular formula is C27H29ClN4O4. The average Bonchev–Trinajstić information content (AvgIpc) is 3.57. The molecule has 2 aromatic heterocycles. The SMILES string of the molecule is CC(C(=O)OC(C)(C)C)n1nc(Cc2nc3cc(OCC4CC4)c(Cl)cc3[nH]2)c2ccccc2c1=O. The number of hydrogen-bond donors (Lipinski definition) is 1. The summed E-state index contributed by atoms with van der Waals surface area (Å²) >= 11 is 6.44. The minimum Gasteiger partial charge on any atom is -0.492 e. The number of nitrogens with one attached hydrogen (secondary N) is 1. The van der Waals surface area contributed by atoms with Crippen LogP contribution in [-0.4, -0.2) is 37.9 Å². The standard InChI is InChI=1S/C27H29ClN4O4/c1-15(26(34)36-27(2,3)4)32-25(33)18-8-6-5-7-17(18)20(31-32)13-24-29-21-11-19(28)23(12-22(21)30-24)35-14-16-9-10-16/h5-8,11-12,15-16H,9-10,13-14H2,1-4H3,(H,29,30). The monoisotopic (exact) mass is 508 g/mol. The van der Waals surface area contributed by atoms with E-state index in [2.05, 4.69) is 10.1 Å². The van der Waals surface area contributed by atoms with E-state index in [1.54, 1.807) is 39.8 Å². The van der Waals surface area contributed by atoms with Crippen LogP contribution >= 0.6 is 11.6 Å². The molecule has 0 amide bonds. The van der Waals surface area contributed by atoms with E-state index in [4.69, 9.17) is 26.1 Å². The fraction of sp³-hybridized carbons (Fsp3) is 0.407. The van der Waals surface area contributed by atoms with E-state index >= 15 is 0 Å². The highest BCUT2D eigenvalue weighted by Crippen LogP contribution is 2.33. The van der Waals surface area contributed by atoms with E-state index in [0.29, 0.717) is 52.0 Å². The Balaban J connectivity index is 1.50. The maximum Gasteiger partial charge on any atom is 0.331 e. The van der Waals surface area contributed by atoms with Crippen LogP contribution in [-0.2, 0) is 16.0 Å². The van der Waals surface area contributed by atoms with Gasteiger partial charge < -0.3 is 14.5 Å². The highest BCUT2D eigenvalue weighted by Gasteiger charge is 2.26. The molecule has 2 heterocycles. The summed E-state index contributed by atoms with van der Waals surface area (Å²) in [6.45, 7) is 7.64. The molecule has 8 nitrogen and oxygen atoms in total. The smallest absolute Gasteiger partial charge is 0.331 e. The molecule has 1 unspecified atom stereocenters. The van der Waals surface area contributed by atoms with E-state index in [9.17, 15) is 9.59 Å². The fourth-order valence-electron chi connectivity index (χ4n) is 4.06. The molecule has 1 atom stereocenters. The van der Waals surface area contributed by atoms with Gasteiger partial charge in [0, 0.05) is 11.5 Å². The van der Waals surface area contributed by atoms with Crippen LogP contribution in [0.3, 0.4) is 0 Å². The molecule has 1 saturated carbocycles. The number of benzene rings is 2. The van der Waals surface area contributed by atoms with Crippen molar-refractivity contribution in [2.24, 2.45) is 5.92 Å². The number of rotatable bonds is 7. The molecule has 0 saturated heterocycles. The van der Waals surface area contributed by atoms with Gasteiger partial charge >= 0.3 is 5.97 Å². The summed E-state index contributed by atoms with van der Waals surface area (Å²) < 4.78 is 12.6. The molecule has 9 heteroatoms. The molecule has 0 aliphatic heterocycles. The Morgan fingerprint density at radius 3 is 2.64 bits per heavy atom. The molecular weight excluding hydrogens is 480 g/mol. The molecule has 2 aromatic carbocycles. The predicted molar refractivity (Wildman–Crippen MR) is 139 cm³/mol. The van der Waals surface area contributed by atoms with Crippen molar-refractivity contribution in [3.8, 4) is 5.75 Å². The summed E-state index contributed by atoms with van der Waals surface area (Å²) in [5.74, 6) is 1.38. The number of hydrogen-bond acceptors (Lipinski definition) is 6. The summed E-state index contributed by atoms with van der Waals surface area (Å²) in [5, 5.41) is 6.32. The highest BCUT2D eigenvalue weighted by atomic mass is 35.5. The van der Waals surface area contributed by atoms with Gasteiger partial charge in [0.1, 0.15) is 17.2 Å². The van der Waals surface area contributed by atoms with Crippen LogP contribution in [0.25, 0.3) is 21.8 Å². The van der Waals surface area contributed by atoms with Gasteiger partial charge in [0.25, 0.3) is 5.56 Å². The Bertz CT molecular complexity index is 1510. The minimum atomic E-state index is -0.888. The first-order valence-electron chi connectivity index (χ1n) is 12.1. The molecule has 0 bridgehead atoms. The van der Waals surface area contributed by atoms with Gasteiger partial charge in [-0.3, -0.25) is 4.79 Å². The molecule has 4 aromatic rings. The van der Waals surface area contributed by atoms with Crippen LogP contribution < -0.4 is 10.3 Å². The topological polar surface area (TPSA) is 99.1 Å². The van der Waals surface area contributed by atoms with Crippen molar-refractivity contribution in [1.82, 2.24) is 19.7 Å². The number of imidazole rings is 1. The number of halogens is 1. The summed E-state index contributed by atoms with van der Waals surface area (Å²) in [6, 6.07) is 10.0. The van der Waals surface area contributed by atoms with Gasteiger partial charge in [0.2, 0.25) is 0 Å². The van der Waals surface area contributed by atoms with E-state index in [0.717, 1.165) is 11.0 Å². The van der Waals surface area contributed by atoms with Crippen molar-refractivity contribution in [1.29, 1.82) is 0 Å². The number of ether oxygens (including phenoxy) is 2. The van der Waals surface area contributed by atoms with Crippen molar-refractivity contribution in [2.75, 3.05) is 6.61 Å². The molecule has 1 N–H and O–H groups in total. The largest absolute Gasteiger partial charge is 0.492 e. The molecule has 1 aliphatic carbocycles. The number of fused-ring (bicyclic) bond motifs is 2. The number of esters is 1. The number of carbonyl (C=O) groups is 1. The second-order valence-corrected chi connectivity index (χ2v) is 10.8. The van der Waals surface area contributed by atoms with Crippen LogP contribution in [0.15, 0.2) is 41.2 Å². The van der Waals surface area contributed by atoms with Crippen molar-refractivity contribution in [3.63, 3.8) is 0 Å². The van der Waals surface area contributed by atoms with Gasteiger partial charge in [-0.25, -0.2) is 14.5 Å². The van der Waals surface area contributed by atoms with Crippen molar-refractivity contribution >= 4 is 39.4 Å². The van der Waals surface area contributed by atoms with E-state index in [1.165, 1.54) is 17.5 Å². The first kappa shape index (κ1) is 24.3. The van der Waals surface area contributed by atoms with Crippen molar-refractivity contribution in [3.05, 3.63) is 63.3 Å². The lowest BCUT2D eigenvalue weighted by Crippen LogP contribution is -2.35. The van der Waals surface area contributed by atoms with Crippen molar-refractivity contribution in [2.45, 2.75) is 58.6 Å².